The normalized spacial score (nSPS) is 17.4. The number of carboxylic acids is 1. The Kier molecular flexibility index (Phi) is 5.00. The third-order valence-electron chi connectivity index (χ3n) is 5.57. The molecule has 1 unspecified atom stereocenters. The Morgan fingerprint density at radius 3 is 2.33 bits per heavy atom. The van der Waals surface area contributed by atoms with Gasteiger partial charge in [0.25, 0.3) is 0 Å². The van der Waals surface area contributed by atoms with Gasteiger partial charge in [-0.3, -0.25) is 9.59 Å². The maximum absolute atomic E-state index is 14.3. The number of amides is 1. The number of rotatable bonds is 6. The number of aliphatic carboxylic acids is 1. The quantitative estimate of drug-likeness (QED) is 0.814. The summed E-state index contributed by atoms with van der Waals surface area (Å²) in [4.78, 5) is 24.8. The molecule has 1 fully saturated rings. The largest absolute Gasteiger partial charge is 0.481 e. The first-order valence-electron chi connectivity index (χ1n) is 8.82. The highest BCUT2D eigenvalue weighted by atomic mass is 19.1. The van der Waals surface area contributed by atoms with Gasteiger partial charge in [-0.15, -0.1) is 0 Å². The number of nitrogens with one attached hydrogen (secondary N) is 1. The van der Waals surface area contributed by atoms with Gasteiger partial charge in [0.1, 0.15) is 17.0 Å². The molecular formula is C21H21F2NO3. The molecule has 1 aliphatic rings. The lowest BCUT2D eigenvalue weighted by atomic mass is 9.63. The summed E-state index contributed by atoms with van der Waals surface area (Å²) in [5.74, 6) is -2.95. The van der Waals surface area contributed by atoms with Crippen molar-refractivity contribution in [2.24, 2.45) is 0 Å². The van der Waals surface area contributed by atoms with Crippen molar-refractivity contribution in [1.29, 1.82) is 0 Å². The van der Waals surface area contributed by atoms with Crippen molar-refractivity contribution in [2.75, 3.05) is 6.54 Å². The lowest BCUT2D eigenvalue weighted by Crippen LogP contribution is -2.53. The standard InChI is InChI=1S/C21H21F2NO3/c1-20(19(26)27,14-6-3-2-4-7-14)13-24-18(25)21(10-5-11-21)16-9-8-15(22)12-17(16)23/h2-4,6-9,12H,5,10-11,13H2,1H3,(H,24,25)(H,26,27). The van der Waals surface area contributed by atoms with Crippen molar-refractivity contribution in [2.45, 2.75) is 37.0 Å². The van der Waals surface area contributed by atoms with Gasteiger partial charge in [0, 0.05) is 18.2 Å². The molecule has 6 heteroatoms. The van der Waals surface area contributed by atoms with Crippen LogP contribution in [0.1, 0.15) is 37.3 Å². The molecule has 0 spiro atoms. The van der Waals surface area contributed by atoms with Crippen LogP contribution >= 0.6 is 0 Å². The van der Waals surface area contributed by atoms with Crippen molar-refractivity contribution < 1.29 is 23.5 Å². The molecule has 1 aliphatic carbocycles. The van der Waals surface area contributed by atoms with E-state index in [4.69, 9.17) is 0 Å². The van der Waals surface area contributed by atoms with Gasteiger partial charge in [0.15, 0.2) is 0 Å². The van der Waals surface area contributed by atoms with E-state index >= 15 is 0 Å². The van der Waals surface area contributed by atoms with Crippen LogP contribution in [-0.4, -0.2) is 23.5 Å². The first-order chi connectivity index (χ1) is 12.8. The van der Waals surface area contributed by atoms with Crippen LogP contribution in [0.15, 0.2) is 48.5 Å². The maximum Gasteiger partial charge on any atom is 0.315 e. The maximum atomic E-state index is 14.3. The molecule has 0 bridgehead atoms. The van der Waals surface area contributed by atoms with Crippen molar-refractivity contribution in [3.05, 3.63) is 71.3 Å². The average molecular weight is 373 g/mol. The molecule has 27 heavy (non-hydrogen) atoms. The summed E-state index contributed by atoms with van der Waals surface area (Å²) in [7, 11) is 0. The van der Waals surface area contributed by atoms with E-state index in [1.807, 2.05) is 0 Å². The minimum atomic E-state index is -1.32. The Balaban J connectivity index is 1.84. The molecule has 0 saturated heterocycles. The monoisotopic (exact) mass is 373 g/mol. The van der Waals surface area contributed by atoms with E-state index in [1.165, 1.54) is 13.0 Å². The van der Waals surface area contributed by atoms with Crippen LogP contribution < -0.4 is 5.32 Å². The number of halogens is 2. The molecule has 3 rings (SSSR count). The molecule has 1 amide bonds. The van der Waals surface area contributed by atoms with E-state index in [-0.39, 0.29) is 12.1 Å². The summed E-state index contributed by atoms with van der Waals surface area (Å²) < 4.78 is 27.5. The second-order valence-electron chi connectivity index (χ2n) is 7.25. The second-order valence-corrected chi connectivity index (χ2v) is 7.25. The minimum absolute atomic E-state index is 0.129. The fourth-order valence-electron chi connectivity index (χ4n) is 3.56. The van der Waals surface area contributed by atoms with Gasteiger partial charge in [0.2, 0.25) is 5.91 Å². The molecule has 2 aromatic carbocycles. The van der Waals surface area contributed by atoms with E-state index in [1.54, 1.807) is 30.3 Å². The molecule has 0 radical (unpaired) electrons. The SMILES string of the molecule is CC(CNC(=O)C1(c2ccc(F)cc2F)CCC1)(C(=O)O)c1ccccc1. The van der Waals surface area contributed by atoms with Crippen LogP contribution in [0.5, 0.6) is 0 Å². The topological polar surface area (TPSA) is 66.4 Å². The number of carbonyl (C=O) groups excluding carboxylic acids is 1. The number of carboxylic acid groups (broad SMARTS) is 1. The van der Waals surface area contributed by atoms with E-state index in [0.29, 0.717) is 18.4 Å². The first kappa shape index (κ1) is 19.0. The minimum Gasteiger partial charge on any atom is -0.481 e. The molecule has 0 aromatic heterocycles. The summed E-state index contributed by atoms with van der Waals surface area (Å²) >= 11 is 0. The molecule has 2 N–H and O–H groups in total. The Labute approximate surface area is 156 Å². The Hall–Kier alpha value is -2.76. The fraction of sp³-hybridized carbons (Fsp3) is 0.333. The van der Waals surface area contributed by atoms with Gasteiger partial charge in [0.05, 0.1) is 5.41 Å². The lowest BCUT2D eigenvalue weighted by molar-refractivity contribution is -0.143. The van der Waals surface area contributed by atoms with Gasteiger partial charge in [-0.1, -0.05) is 42.8 Å². The van der Waals surface area contributed by atoms with Crippen LogP contribution in [0.2, 0.25) is 0 Å². The van der Waals surface area contributed by atoms with Gasteiger partial charge >= 0.3 is 5.97 Å². The molecular weight excluding hydrogens is 352 g/mol. The molecule has 1 saturated carbocycles. The summed E-state index contributed by atoms with van der Waals surface area (Å²) in [6.07, 6.45) is 1.63. The van der Waals surface area contributed by atoms with Crippen LogP contribution in [0.25, 0.3) is 0 Å². The molecule has 0 heterocycles. The van der Waals surface area contributed by atoms with Gasteiger partial charge in [-0.25, -0.2) is 8.78 Å². The third-order valence-corrected chi connectivity index (χ3v) is 5.57. The van der Waals surface area contributed by atoms with Crippen molar-refractivity contribution in [3.63, 3.8) is 0 Å². The highest BCUT2D eigenvalue weighted by Gasteiger charge is 2.48. The predicted octanol–water partition coefficient (Wildman–Crippen LogP) is 3.55. The van der Waals surface area contributed by atoms with Crippen molar-refractivity contribution in [3.8, 4) is 0 Å². The number of hydrogen-bond donors (Lipinski definition) is 2. The Bertz CT molecular complexity index is 865. The van der Waals surface area contributed by atoms with E-state index in [0.717, 1.165) is 18.6 Å². The van der Waals surface area contributed by atoms with Gasteiger partial charge in [-0.2, -0.15) is 0 Å². The second kappa shape index (κ2) is 7.10. The molecule has 1 atom stereocenters. The summed E-state index contributed by atoms with van der Waals surface area (Å²) in [5.41, 5.74) is -1.67. The number of benzene rings is 2. The fourth-order valence-corrected chi connectivity index (χ4v) is 3.56. The smallest absolute Gasteiger partial charge is 0.315 e. The van der Waals surface area contributed by atoms with Crippen LogP contribution in [0.3, 0.4) is 0 Å². The zero-order chi connectivity index (χ0) is 19.7. The Morgan fingerprint density at radius 2 is 1.81 bits per heavy atom. The van der Waals surface area contributed by atoms with Crippen LogP contribution in [-0.2, 0) is 20.4 Å². The Morgan fingerprint density at radius 1 is 1.15 bits per heavy atom. The summed E-state index contributed by atoms with van der Waals surface area (Å²) in [6.45, 7) is 1.41. The van der Waals surface area contributed by atoms with E-state index < -0.39 is 34.3 Å². The van der Waals surface area contributed by atoms with Crippen molar-refractivity contribution >= 4 is 11.9 Å². The van der Waals surface area contributed by atoms with E-state index in [9.17, 15) is 23.5 Å². The van der Waals surface area contributed by atoms with Gasteiger partial charge < -0.3 is 10.4 Å². The van der Waals surface area contributed by atoms with Crippen LogP contribution in [0.4, 0.5) is 8.78 Å². The number of hydrogen-bond acceptors (Lipinski definition) is 2. The molecule has 0 aliphatic heterocycles. The predicted molar refractivity (Wildman–Crippen MR) is 96.3 cm³/mol. The van der Waals surface area contributed by atoms with Gasteiger partial charge in [-0.05, 0) is 31.4 Å². The zero-order valence-corrected chi connectivity index (χ0v) is 15.0. The first-order valence-corrected chi connectivity index (χ1v) is 8.82. The van der Waals surface area contributed by atoms with E-state index in [2.05, 4.69) is 5.32 Å². The highest BCUT2D eigenvalue weighted by molar-refractivity contribution is 5.90. The zero-order valence-electron chi connectivity index (χ0n) is 15.0. The highest BCUT2D eigenvalue weighted by Crippen LogP contribution is 2.45. The summed E-state index contributed by atoms with van der Waals surface area (Å²) in [5, 5.41) is 12.4. The van der Waals surface area contributed by atoms with Crippen LogP contribution in [0, 0.1) is 11.6 Å². The third kappa shape index (κ3) is 3.31. The average Bonchev–Trinajstić information content (AvgIpc) is 2.61. The summed E-state index contributed by atoms with van der Waals surface area (Å²) in [6, 6.07) is 11.9. The molecule has 142 valence electrons. The lowest BCUT2D eigenvalue weighted by Gasteiger charge is -2.41. The number of carbonyl (C=O) groups is 2. The van der Waals surface area contributed by atoms with Crippen molar-refractivity contribution in [1.82, 2.24) is 5.32 Å². The molecule has 2 aromatic rings. The molecule has 4 nitrogen and oxygen atoms in total.